The Morgan fingerprint density at radius 1 is 1.12 bits per heavy atom. The molecule has 0 amide bonds. The van der Waals surface area contributed by atoms with Gasteiger partial charge in [-0.15, -0.1) is 6.58 Å². The van der Waals surface area contributed by atoms with Crippen molar-refractivity contribution in [3.8, 4) is 5.88 Å². The third-order valence-corrected chi connectivity index (χ3v) is 5.20. The predicted octanol–water partition coefficient (Wildman–Crippen LogP) is 3.11. The number of morpholine rings is 1. The van der Waals surface area contributed by atoms with E-state index >= 15 is 0 Å². The molecule has 2 fully saturated rings. The second-order valence-electron chi connectivity index (χ2n) is 7.36. The van der Waals surface area contributed by atoms with Gasteiger partial charge in [0.05, 0.1) is 13.2 Å². The van der Waals surface area contributed by atoms with Gasteiger partial charge in [0.15, 0.2) is 0 Å². The van der Waals surface area contributed by atoms with Crippen LogP contribution in [0.15, 0.2) is 31.0 Å². The summed E-state index contributed by atoms with van der Waals surface area (Å²) in [6.07, 6.45) is 10.0. The van der Waals surface area contributed by atoms with Crippen LogP contribution >= 0.6 is 0 Å². The lowest BCUT2D eigenvalue weighted by molar-refractivity contribution is 0.0174. The molecule has 1 aromatic rings. The zero-order valence-electron chi connectivity index (χ0n) is 15.9. The molecule has 0 N–H and O–H groups in total. The van der Waals surface area contributed by atoms with Crippen molar-refractivity contribution in [1.29, 1.82) is 0 Å². The molecule has 2 aliphatic heterocycles. The molecule has 0 aromatic carbocycles. The Balaban J connectivity index is 1.52. The van der Waals surface area contributed by atoms with Gasteiger partial charge in [-0.2, -0.15) is 0 Å². The van der Waals surface area contributed by atoms with Crippen molar-refractivity contribution in [2.24, 2.45) is 0 Å². The number of nitrogens with zero attached hydrogens (tertiary/aromatic N) is 3. The molecule has 1 aromatic heterocycles. The van der Waals surface area contributed by atoms with E-state index in [-0.39, 0.29) is 6.10 Å². The molecule has 0 bridgehead atoms. The minimum atomic E-state index is 0.145. The quantitative estimate of drug-likeness (QED) is 0.634. The van der Waals surface area contributed by atoms with Gasteiger partial charge < -0.3 is 9.47 Å². The number of aromatic nitrogens is 1. The van der Waals surface area contributed by atoms with Crippen LogP contribution in [0.2, 0.25) is 0 Å². The van der Waals surface area contributed by atoms with E-state index in [4.69, 9.17) is 9.47 Å². The van der Waals surface area contributed by atoms with E-state index in [1.165, 1.54) is 37.9 Å². The van der Waals surface area contributed by atoms with Crippen molar-refractivity contribution >= 4 is 0 Å². The normalized spacial score (nSPS) is 20.6. The average molecular weight is 360 g/mol. The first-order valence-electron chi connectivity index (χ1n) is 10.1. The van der Waals surface area contributed by atoms with Crippen molar-refractivity contribution < 1.29 is 9.47 Å². The lowest BCUT2D eigenvalue weighted by atomic mass is 10.1. The van der Waals surface area contributed by atoms with Gasteiger partial charge in [0.25, 0.3) is 0 Å². The molecule has 3 heterocycles. The van der Waals surface area contributed by atoms with E-state index in [2.05, 4.69) is 27.4 Å². The fourth-order valence-corrected chi connectivity index (χ4v) is 3.68. The molecule has 2 saturated heterocycles. The average Bonchev–Trinajstić information content (AvgIpc) is 2.69. The second kappa shape index (κ2) is 10.7. The molecule has 0 aliphatic carbocycles. The topological polar surface area (TPSA) is 37.8 Å². The van der Waals surface area contributed by atoms with E-state index in [0.717, 1.165) is 58.1 Å². The van der Waals surface area contributed by atoms with Crippen LogP contribution in [0, 0.1) is 0 Å². The van der Waals surface area contributed by atoms with Crippen molar-refractivity contribution in [2.75, 3.05) is 45.9 Å². The number of ether oxygens (including phenoxy) is 2. The molecule has 26 heavy (non-hydrogen) atoms. The van der Waals surface area contributed by atoms with Crippen LogP contribution in [0.3, 0.4) is 0 Å². The summed E-state index contributed by atoms with van der Waals surface area (Å²) in [5, 5.41) is 0. The standard InChI is InChI=1S/C21H33N3O2/c1-2-3-7-20(18-24-12-14-25-15-13-24)26-21-9-8-19(16-22-21)17-23-10-5-4-6-11-23/h2,8-9,16,20H,1,3-7,10-15,17-18H2. The Morgan fingerprint density at radius 2 is 1.92 bits per heavy atom. The Kier molecular flexibility index (Phi) is 7.92. The smallest absolute Gasteiger partial charge is 0.213 e. The van der Waals surface area contributed by atoms with Gasteiger partial charge in [-0.3, -0.25) is 9.80 Å². The lowest BCUT2D eigenvalue weighted by Gasteiger charge is -2.30. The molecular weight excluding hydrogens is 326 g/mol. The van der Waals surface area contributed by atoms with Gasteiger partial charge in [0, 0.05) is 38.4 Å². The Morgan fingerprint density at radius 3 is 2.62 bits per heavy atom. The zero-order chi connectivity index (χ0) is 18.0. The summed E-state index contributed by atoms with van der Waals surface area (Å²) in [5.41, 5.74) is 1.27. The number of rotatable bonds is 9. The van der Waals surface area contributed by atoms with Gasteiger partial charge in [0.2, 0.25) is 5.88 Å². The van der Waals surface area contributed by atoms with Crippen LogP contribution < -0.4 is 4.74 Å². The Hall–Kier alpha value is -1.43. The minimum Gasteiger partial charge on any atom is -0.473 e. The first-order valence-corrected chi connectivity index (χ1v) is 10.1. The number of hydrogen-bond donors (Lipinski definition) is 0. The summed E-state index contributed by atoms with van der Waals surface area (Å²) in [6.45, 7) is 11.8. The first kappa shape index (κ1) is 19.3. The van der Waals surface area contributed by atoms with Crippen molar-refractivity contribution in [1.82, 2.24) is 14.8 Å². The molecule has 144 valence electrons. The van der Waals surface area contributed by atoms with Gasteiger partial charge in [0.1, 0.15) is 6.10 Å². The van der Waals surface area contributed by atoms with Crippen molar-refractivity contribution in [2.45, 2.75) is 44.8 Å². The van der Waals surface area contributed by atoms with E-state index in [9.17, 15) is 0 Å². The maximum absolute atomic E-state index is 6.21. The number of allylic oxidation sites excluding steroid dienone is 1. The predicted molar refractivity (Wildman–Crippen MR) is 104 cm³/mol. The molecule has 0 radical (unpaired) electrons. The van der Waals surface area contributed by atoms with Gasteiger partial charge in [-0.25, -0.2) is 4.98 Å². The summed E-state index contributed by atoms with van der Waals surface area (Å²) in [5.74, 6) is 0.731. The van der Waals surface area contributed by atoms with Crippen LogP contribution in [-0.4, -0.2) is 66.8 Å². The Labute approximate surface area is 158 Å². The highest BCUT2D eigenvalue weighted by molar-refractivity contribution is 5.18. The summed E-state index contributed by atoms with van der Waals surface area (Å²) < 4.78 is 11.7. The largest absolute Gasteiger partial charge is 0.473 e. The monoisotopic (exact) mass is 359 g/mol. The number of likely N-dealkylation sites (tertiary alicyclic amines) is 1. The number of pyridine rings is 1. The fourth-order valence-electron chi connectivity index (χ4n) is 3.68. The van der Waals surface area contributed by atoms with Gasteiger partial charge >= 0.3 is 0 Å². The van der Waals surface area contributed by atoms with Crippen LogP contribution in [0.5, 0.6) is 5.88 Å². The fraction of sp³-hybridized carbons (Fsp3) is 0.667. The summed E-state index contributed by atoms with van der Waals surface area (Å²) >= 11 is 0. The first-order chi connectivity index (χ1) is 12.8. The van der Waals surface area contributed by atoms with Crippen LogP contribution in [-0.2, 0) is 11.3 Å². The molecule has 3 rings (SSSR count). The van der Waals surface area contributed by atoms with E-state index in [1.807, 2.05) is 18.3 Å². The van der Waals surface area contributed by atoms with E-state index in [1.54, 1.807) is 0 Å². The number of piperidine rings is 1. The third kappa shape index (κ3) is 6.38. The summed E-state index contributed by atoms with van der Waals surface area (Å²) in [4.78, 5) is 9.51. The molecule has 1 unspecified atom stereocenters. The lowest BCUT2D eigenvalue weighted by Crippen LogP contribution is -2.42. The zero-order valence-corrected chi connectivity index (χ0v) is 15.9. The molecule has 0 spiro atoms. The highest BCUT2D eigenvalue weighted by Gasteiger charge is 2.18. The third-order valence-electron chi connectivity index (χ3n) is 5.20. The maximum Gasteiger partial charge on any atom is 0.213 e. The van der Waals surface area contributed by atoms with Crippen LogP contribution in [0.4, 0.5) is 0 Å². The summed E-state index contributed by atoms with van der Waals surface area (Å²) in [7, 11) is 0. The molecule has 2 aliphatic rings. The minimum absolute atomic E-state index is 0.145. The molecule has 5 nitrogen and oxygen atoms in total. The second-order valence-corrected chi connectivity index (χ2v) is 7.36. The van der Waals surface area contributed by atoms with Crippen LogP contribution in [0.25, 0.3) is 0 Å². The molecule has 0 saturated carbocycles. The van der Waals surface area contributed by atoms with E-state index in [0.29, 0.717) is 0 Å². The van der Waals surface area contributed by atoms with Gasteiger partial charge in [-0.1, -0.05) is 18.6 Å². The molecule has 1 atom stereocenters. The SMILES string of the molecule is C=CCCC(CN1CCOCC1)Oc1ccc(CN2CCCCC2)cn1. The molecule has 5 heteroatoms. The maximum atomic E-state index is 6.21. The van der Waals surface area contributed by atoms with Crippen molar-refractivity contribution in [3.05, 3.63) is 36.5 Å². The summed E-state index contributed by atoms with van der Waals surface area (Å²) in [6, 6.07) is 4.19. The highest BCUT2D eigenvalue weighted by atomic mass is 16.5. The highest BCUT2D eigenvalue weighted by Crippen LogP contribution is 2.17. The van der Waals surface area contributed by atoms with Crippen molar-refractivity contribution in [3.63, 3.8) is 0 Å². The molecular formula is C21H33N3O2. The van der Waals surface area contributed by atoms with E-state index < -0.39 is 0 Å². The van der Waals surface area contributed by atoms with Gasteiger partial charge in [-0.05, 0) is 44.3 Å². The van der Waals surface area contributed by atoms with Crippen LogP contribution in [0.1, 0.15) is 37.7 Å². The Bertz CT molecular complexity index is 523. The number of hydrogen-bond acceptors (Lipinski definition) is 5.